The van der Waals surface area contributed by atoms with E-state index in [2.05, 4.69) is 34.6 Å². The van der Waals surface area contributed by atoms with Crippen LogP contribution in [0.25, 0.3) is 0 Å². The number of fused-ring (bicyclic) bond motifs is 2. The number of aliphatic hydroxyl groups is 12. The molecule has 3 aliphatic heterocycles. The highest BCUT2D eigenvalue weighted by molar-refractivity contribution is 5.32. The first-order chi connectivity index (χ1) is 29.8. The van der Waals surface area contributed by atoms with E-state index in [0.717, 1.165) is 25.7 Å². The Morgan fingerprint density at radius 1 is 0.688 bits per heavy atom. The van der Waals surface area contributed by atoms with Crippen molar-refractivity contribution in [3.63, 3.8) is 0 Å². The highest BCUT2D eigenvalue weighted by atomic mass is 16.8. The van der Waals surface area contributed by atoms with Crippen LogP contribution in [0.15, 0.2) is 0 Å². The Morgan fingerprint density at radius 2 is 1.33 bits per heavy atom. The largest absolute Gasteiger partial charge is 0.394 e. The number of rotatable bonds is 12. The van der Waals surface area contributed by atoms with Gasteiger partial charge in [-0.3, -0.25) is 0 Å². The molecule has 0 aromatic carbocycles. The maximum Gasteiger partial charge on any atom is 0.186 e. The van der Waals surface area contributed by atoms with Gasteiger partial charge >= 0.3 is 0 Å². The summed E-state index contributed by atoms with van der Waals surface area (Å²) in [6.45, 7) is 13.0. The van der Waals surface area contributed by atoms with Gasteiger partial charge in [0.2, 0.25) is 0 Å². The van der Waals surface area contributed by atoms with Crippen molar-refractivity contribution in [3.05, 3.63) is 0 Å². The maximum absolute atomic E-state index is 12.6. The first kappa shape index (κ1) is 49.7. The van der Waals surface area contributed by atoms with Crippen LogP contribution in [0.3, 0.4) is 0 Å². The molecule has 0 radical (unpaired) electrons. The molecule has 0 amide bonds. The number of hydrogen-bond acceptors (Lipinski definition) is 18. The Kier molecular flexibility index (Phi) is 13.4. The van der Waals surface area contributed by atoms with Crippen LogP contribution in [0.1, 0.15) is 106 Å². The van der Waals surface area contributed by atoms with E-state index in [-0.39, 0.29) is 53.1 Å². The molecule has 2 spiro atoms. The second-order valence-electron chi connectivity index (χ2n) is 23.1. The molecule has 8 fully saturated rings. The van der Waals surface area contributed by atoms with Crippen molar-refractivity contribution in [2.24, 2.45) is 50.7 Å². The smallest absolute Gasteiger partial charge is 0.186 e. The Bertz CT molecular complexity index is 1650. The van der Waals surface area contributed by atoms with Crippen LogP contribution in [0.5, 0.6) is 0 Å². The van der Waals surface area contributed by atoms with E-state index in [0.29, 0.717) is 32.1 Å². The van der Waals surface area contributed by atoms with Gasteiger partial charge in [-0.1, -0.05) is 34.6 Å². The fourth-order valence-corrected chi connectivity index (χ4v) is 15.4. The third-order valence-corrected chi connectivity index (χ3v) is 19.0. The minimum Gasteiger partial charge on any atom is -0.394 e. The average molecular weight is 919 g/mol. The summed E-state index contributed by atoms with van der Waals surface area (Å²) in [5, 5.41) is 129. The quantitative estimate of drug-likeness (QED) is 0.105. The molecular weight excluding hydrogens is 840 g/mol. The fourth-order valence-electron chi connectivity index (χ4n) is 15.4. The Labute approximate surface area is 375 Å². The third kappa shape index (κ3) is 7.68. The minimum atomic E-state index is -1.64. The van der Waals surface area contributed by atoms with Crippen LogP contribution < -0.4 is 0 Å². The van der Waals surface area contributed by atoms with Gasteiger partial charge in [0.15, 0.2) is 18.9 Å². The Morgan fingerprint density at radius 3 is 1.98 bits per heavy atom. The summed E-state index contributed by atoms with van der Waals surface area (Å²) in [5.41, 5.74) is -2.98. The molecule has 5 aliphatic carbocycles. The zero-order valence-corrected chi connectivity index (χ0v) is 38.4. The Balaban J connectivity index is 1.05. The van der Waals surface area contributed by atoms with Crippen LogP contribution >= 0.6 is 0 Å². The molecular formula is C46H78O18. The average Bonchev–Trinajstić information content (AvgIpc) is 3.81. The lowest BCUT2D eigenvalue weighted by molar-refractivity contribution is -0.356. The molecule has 0 bridgehead atoms. The van der Waals surface area contributed by atoms with Crippen LogP contribution in [-0.4, -0.2) is 191 Å². The first-order valence-corrected chi connectivity index (χ1v) is 23.8. The van der Waals surface area contributed by atoms with E-state index in [9.17, 15) is 61.3 Å². The second-order valence-corrected chi connectivity index (χ2v) is 23.1. The summed E-state index contributed by atoms with van der Waals surface area (Å²) < 4.78 is 36.8. The van der Waals surface area contributed by atoms with Gasteiger partial charge < -0.3 is 89.7 Å². The maximum atomic E-state index is 12.6. The normalized spacial score (nSPS) is 54.5. The molecule has 0 aromatic heterocycles. The van der Waals surface area contributed by atoms with E-state index in [1.54, 1.807) is 13.8 Å². The second kappa shape index (κ2) is 17.3. The fraction of sp³-hybridized carbons (Fsp3) is 1.00. The molecule has 3 saturated heterocycles. The van der Waals surface area contributed by atoms with E-state index in [1.807, 2.05) is 0 Å². The monoisotopic (exact) mass is 919 g/mol. The number of hydrogen-bond donors (Lipinski definition) is 12. The zero-order valence-electron chi connectivity index (χ0n) is 38.4. The molecule has 3 heterocycles. The minimum absolute atomic E-state index is 0.0345. The summed E-state index contributed by atoms with van der Waals surface area (Å²) in [5.74, 6) is -0.269. The number of ether oxygens (including phenoxy) is 6. The van der Waals surface area contributed by atoms with Gasteiger partial charge in [-0.15, -0.1) is 0 Å². The lowest BCUT2D eigenvalue weighted by Gasteiger charge is -2.64. The summed E-state index contributed by atoms with van der Waals surface area (Å²) in [6.07, 6.45) is -15.1. The first-order valence-electron chi connectivity index (χ1n) is 23.8. The summed E-state index contributed by atoms with van der Waals surface area (Å²) in [4.78, 5) is 0. The van der Waals surface area contributed by atoms with Crippen LogP contribution in [0, 0.1) is 50.7 Å². The predicted octanol–water partition coefficient (Wildman–Crippen LogP) is -0.973. The van der Waals surface area contributed by atoms with E-state index >= 15 is 0 Å². The van der Waals surface area contributed by atoms with Crippen molar-refractivity contribution >= 4 is 0 Å². The molecule has 18 nitrogen and oxygen atoms in total. The lowest BCUT2D eigenvalue weighted by Crippen LogP contribution is -2.63. The summed E-state index contributed by atoms with van der Waals surface area (Å²) in [7, 11) is 0. The predicted molar refractivity (Wildman–Crippen MR) is 222 cm³/mol. The highest BCUT2D eigenvalue weighted by Gasteiger charge is 2.84. The number of aliphatic hydroxyl groups excluding tert-OH is 11. The van der Waals surface area contributed by atoms with Gasteiger partial charge in [-0.05, 0) is 122 Å². The van der Waals surface area contributed by atoms with Crippen molar-refractivity contribution < 1.29 is 89.7 Å². The van der Waals surface area contributed by atoms with Crippen molar-refractivity contribution in [3.8, 4) is 0 Å². The zero-order chi connectivity index (χ0) is 46.9. The Hall–Kier alpha value is -0.720. The van der Waals surface area contributed by atoms with Crippen molar-refractivity contribution in [1.29, 1.82) is 0 Å². The van der Waals surface area contributed by atoms with Crippen molar-refractivity contribution in [2.45, 2.75) is 216 Å². The van der Waals surface area contributed by atoms with E-state index < -0.39 is 127 Å². The molecule has 8 rings (SSSR count). The van der Waals surface area contributed by atoms with Crippen LogP contribution in [0.4, 0.5) is 0 Å². The molecule has 25 atom stereocenters. The third-order valence-electron chi connectivity index (χ3n) is 19.0. The molecule has 0 unspecified atom stereocenters. The van der Waals surface area contributed by atoms with Gasteiger partial charge in [0, 0.05) is 0 Å². The molecule has 18 heteroatoms. The standard InChI is InChI=1S/C46H78O18/c1-20(8-9-27(51)42(4,5)58)29-24(61-39-35(57)33(55)32(54)25(16-47)62-39)15-44(7)26-14-21(48)37-41(2,3)28(10-11-46(37)19-45(26,46)13-12-43(29,44)6)63-40-36(31(53)23(50)18-60-40)64-38-34(56)30(52)22(49)17-59-38/h20-40,47-58H,8-19H2,1-7H3/t20-,21+,22+,23-,24+,25-,26+,27-,28+,29+,30+,31+,32-,33+,34-,35-,36-,37+,38+,39-,40+,43-,44+,45+,46-/m1/s1. The van der Waals surface area contributed by atoms with E-state index in [4.69, 9.17) is 28.4 Å². The molecule has 370 valence electrons. The van der Waals surface area contributed by atoms with Crippen LogP contribution in [0.2, 0.25) is 0 Å². The van der Waals surface area contributed by atoms with Gasteiger partial charge in [-0.25, -0.2) is 0 Å². The molecule has 0 aromatic rings. The van der Waals surface area contributed by atoms with Gasteiger partial charge in [0.1, 0.15) is 61.0 Å². The van der Waals surface area contributed by atoms with Crippen molar-refractivity contribution in [2.75, 3.05) is 19.8 Å². The lowest BCUT2D eigenvalue weighted by atomic mass is 9.41. The molecule has 5 saturated carbocycles. The van der Waals surface area contributed by atoms with Gasteiger partial charge in [0.25, 0.3) is 0 Å². The molecule has 12 N–H and O–H groups in total. The molecule has 64 heavy (non-hydrogen) atoms. The topological polar surface area (TPSA) is 298 Å². The molecule has 8 aliphatic rings. The van der Waals surface area contributed by atoms with Gasteiger partial charge in [0.05, 0.1) is 49.8 Å². The summed E-state index contributed by atoms with van der Waals surface area (Å²) in [6, 6.07) is 0. The van der Waals surface area contributed by atoms with Crippen LogP contribution in [-0.2, 0) is 28.4 Å². The van der Waals surface area contributed by atoms with E-state index in [1.165, 1.54) is 0 Å². The highest BCUT2D eigenvalue weighted by Crippen LogP contribution is 2.89. The van der Waals surface area contributed by atoms with Crippen molar-refractivity contribution in [1.82, 2.24) is 0 Å². The van der Waals surface area contributed by atoms with Gasteiger partial charge in [-0.2, -0.15) is 0 Å². The summed E-state index contributed by atoms with van der Waals surface area (Å²) >= 11 is 0. The SMILES string of the molecule is C[C@H](CC[C@@H](O)C(C)(C)O)[C@H]1[C@@H](O[C@@H]2O[C@H](CO)[C@@H](O)[C@H](O)[C@H]2O)C[C@@]2(C)[C@@H]3C[C@H](O)[C@H]4C(C)(C)[C@@H](O[C@@H]5OC[C@@H](O)[C@H](O)[C@H]5O[C@@H]5OC[C@H](O)[C@H](O)[C@H]5O)CC[C@@]45C[C@@]35CC[C@]12C.